The number of nitrogens with zero attached hydrogens (tertiary/aromatic N) is 4. The normalized spacial score (nSPS) is 29.0. The Kier molecular flexibility index (Phi) is 4.37. The first kappa shape index (κ1) is 16.0. The molecule has 3 atom stereocenters. The summed E-state index contributed by atoms with van der Waals surface area (Å²) in [5.41, 5.74) is -0.509. The van der Waals surface area contributed by atoms with Crippen LogP contribution in [0.5, 0.6) is 0 Å². The molecule has 1 aromatic heterocycles. The molecule has 1 amide bonds. The fraction of sp³-hybridized carbons (Fsp3) is 0.750. The van der Waals surface area contributed by atoms with E-state index in [-0.39, 0.29) is 24.0 Å². The van der Waals surface area contributed by atoms with Crippen molar-refractivity contribution >= 4 is 11.9 Å². The predicted molar refractivity (Wildman–Crippen MR) is 82.3 cm³/mol. The predicted octanol–water partition coefficient (Wildman–Crippen LogP) is 1.39. The highest BCUT2D eigenvalue weighted by Crippen LogP contribution is 2.52. The van der Waals surface area contributed by atoms with Gasteiger partial charge in [0.05, 0.1) is 12.0 Å². The molecule has 0 unspecified atom stereocenters. The summed E-state index contributed by atoms with van der Waals surface area (Å²) in [6, 6.07) is 0.169. The Morgan fingerprint density at radius 2 is 2.00 bits per heavy atom. The molecule has 3 heterocycles. The molecule has 2 bridgehead atoms. The van der Waals surface area contributed by atoms with Crippen molar-refractivity contribution in [3.63, 3.8) is 0 Å². The van der Waals surface area contributed by atoms with Gasteiger partial charge in [-0.25, -0.2) is 0 Å². The lowest BCUT2D eigenvalue weighted by molar-refractivity contribution is -0.158. The molecule has 23 heavy (non-hydrogen) atoms. The van der Waals surface area contributed by atoms with E-state index in [0.717, 1.165) is 25.7 Å². The van der Waals surface area contributed by atoms with Crippen LogP contribution in [0.15, 0.2) is 12.7 Å². The standard InChI is InChI=1S/C16H24N4O3/c1-3-16(15(22)23-4-2)9-12-5-6-13(16)20(12)14(21)7-8-19-10-17-18-11-19/h10-13H,3-9H2,1-2H3/t12-,13+,16+/m1/s1. The number of rotatable bonds is 6. The van der Waals surface area contributed by atoms with Crippen LogP contribution in [-0.2, 0) is 20.9 Å². The smallest absolute Gasteiger partial charge is 0.314 e. The lowest BCUT2D eigenvalue weighted by Gasteiger charge is -2.34. The molecule has 2 saturated heterocycles. The summed E-state index contributed by atoms with van der Waals surface area (Å²) in [5.74, 6) is -0.0165. The van der Waals surface area contributed by atoms with Gasteiger partial charge in [0.15, 0.2) is 0 Å². The lowest BCUT2D eigenvalue weighted by Crippen LogP contribution is -2.45. The van der Waals surface area contributed by atoms with Crippen molar-refractivity contribution in [2.45, 2.75) is 64.6 Å². The second-order valence-electron chi connectivity index (χ2n) is 6.43. The van der Waals surface area contributed by atoms with Crippen LogP contribution in [0.1, 0.15) is 46.0 Å². The lowest BCUT2D eigenvalue weighted by atomic mass is 9.72. The number of aromatic nitrogens is 3. The van der Waals surface area contributed by atoms with Gasteiger partial charge in [-0.05, 0) is 32.6 Å². The molecule has 7 heteroatoms. The van der Waals surface area contributed by atoms with Crippen molar-refractivity contribution in [2.75, 3.05) is 6.61 Å². The molecule has 0 N–H and O–H groups in total. The monoisotopic (exact) mass is 320 g/mol. The van der Waals surface area contributed by atoms with E-state index in [2.05, 4.69) is 10.2 Å². The maximum Gasteiger partial charge on any atom is 0.314 e. The van der Waals surface area contributed by atoms with E-state index in [0.29, 0.717) is 19.6 Å². The highest BCUT2D eigenvalue weighted by atomic mass is 16.5. The molecule has 0 spiro atoms. The second kappa shape index (κ2) is 6.29. The van der Waals surface area contributed by atoms with Crippen LogP contribution in [0.4, 0.5) is 0 Å². The van der Waals surface area contributed by atoms with Gasteiger partial charge in [0, 0.05) is 25.0 Å². The Hall–Kier alpha value is -1.92. The van der Waals surface area contributed by atoms with Gasteiger partial charge in [0.2, 0.25) is 5.91 Å². The first-order valence-electron chi connectivity index (χ1n) is 8.43. The second-order valence-corrected chi connectivity index (χ2v) is 6.43. The van der Waals surface area contributed by atoms with Crippen LogP contribution in [0.25, 0.3) is 0 Å². The van der Waals surface area contributed by atoms with Crippen LogP contribution < -0.4 is 0 Å². The van der Waals surface area contributed by atoms with Crippen molar-refractivity contribution in [2.24, 2.45) is 5.41 Å². The van der Waals surface area contributed by atoms with Gasteiger partial charge in [0.25, 0.3) is 0 Å². The number of carbonyl (C=O) groups excluding carboxylic acids is 2. The van der Waals surface area contributed by atoms with Crippen molar-refractivity contribution in [3.05, 3.63) is 12.7 Å². The van der Waals surface area contributed by atoms with Crippen LogP contribution in [-0.4, -0.2) is 50.2 Å². The SMILES string of the molecule is CCOC(=O)[C@@]1(CC)C[C@H]2CC[C@@H]1N2C(=O)CCn1cnnc1. The molecule has 3 rings (SSSR count). The minimum absolute atomic E-state index is 0.00929. The van der Waals surface area contributed by atoms with Crippen molar-refractivity contribution < 1.29 is 14.3 Å². The Labute approximate surface area is 136 Å². The molecule has 0 aromatic carbocycles. The summed E-state index contributed by atoms with van der Waals surface area (Å²) in [4.78, 5) is 27.2. The van der Waals surface area contributed by atoms with Crippen LogP contribution in [0, 0.1) is 5.41 Å². The fourth-order valence-electron chi connectivity index (χ4n) is 4.27. The van der Waals surface area contributed by atoms with E-state index in [1.165, 1.54) is 0 Å². The number of fused-ring (bicyclic) bond motifs is 2. The molecule has 2 fully saturated rings. The van der Waals surface area contributed by atoms with Gasteiger partial charge in [-0.3, -0.25) is 9.59 Å². The number of hydrogen-bond donors (Lipinski definition) is 0. The highest BCUT2D eigenvalue weighted by Gasteiger charge is 2.60. The van der Waals surface area contributed by atoms with Crippen LogP contribution in [0.3, 0.4) is 0 Å². The molecule has 7 nitrogen and oxygen atoms in total. The third-order valence-corrected chi connectivity index (χ3v) is 5.39. The van der Waals surface area contributed by atoms with Crippen LogP contribution >= 0.6 is 0 Å². The molecule has 1 aromatic rings. The summed E-state index contributed by atoms with van der Waals surface area (Å²) >= 11 is 0. The molecular weight excluding hydrogens is 296 g/mol. The van der Waals surface area contributed by atoms with Crippen molar-refractivity contribution in [1.29, 1.82) is 0 Å². The molecular formula is C16H24N4O3. The van der Waals surface area contributed by atoms with E-state index >= 15 is 0 Å². The fourth-order valence-corrected chi connectivity index (χ4v) is 4.27. The van der Waals surface area contributed by atoms with Crippen molar-refractivity contribution in [3.8, 4) is 0 Å². The van der Waals surface area contributed by atoms with Gasteiger partial charge >= 0.3 is 5.97 Å². The van der Waals surface area contributed by atoms with Crippen LogP contribution in [0.2, 0.25) is 0 Å². The Morgan fingerprint density at radius 3 is 2.65 bits per heavy atom. The molecule has 2 aliphatic heterocycles. The first-order valence-corrected chi connectivity index (χ1v) is 8.43. The Morgan fingerprint density at radius 1 is 1.26 bits per heavy atom. The zero-order valence-corrected chi connectivity index (χ0v) is 13.8. The summed E-state index contributed by atoms with van der Waals surface area (Å²) in [7, 11) is 0. The van der Waals surface area contributed by atoms with E-state index in [1.54, 1.807) is 17.2 Å². The number of carbonyl (C=O) groups is 2. The number of aryl methyl sites for hydroxylation is 1. The van der Waals surface area contributed by atoms with Gasteiger partial charge < -0.3 is 14.2 Å². The number of esters is 1. The largest absolute Gasteiger partial charge is 0.466 e. The van der Waals surface area contributed by atoms with E-state index < -0.39 is 5.41 Å². The molecule has 0 radical (unpaired) electrons. The van der Waals surface area contributed by atoms with Gasteiger partial charge in [0.1, 0.15) is 12.7 Å². The molecule has 0 aliphatic carbocycles. The maximum absolute atomic E-state index is 12.7. The quantitative estimate of drug-likeness (QED) is 0.740. The average molecular weight is 320 g/mol. The topological polar surface area (TPSA) is 77.3 Å². The summed E-state index contributed by atoms with van der Waals surface area (Å²) in [6.45, 7) is 4.81. The number of ether oxygens (including phenoxy) is 1. The minimum Gasteiger partial charge on any atom is -0.466 e. The number of hydrogen-bond acceptors (Lipinski definition) is 5. The van der Waals surface area contributed by atoms with Gasteiger partial charge in [-0.2, -0.15) is 0 Å². The van der Waals surface area contributed by atoms with E-state index in [1.807, 2.05) is 18.7 Å². The molecule has 126 valence electrons. The zero-order valence-electron chi connectivity index (χ0n) is 13.8. The molecule has 2 aliphatic rings. The summed E-state index contributed by atoms with van der Waals surface area (Å²) in [5, 5.41) is 7.49. The first-order chi connectivity index (χ1) is 11.1. The van der Waals surface area contributed by atoms with Gasteiger partial charge in [-0.1, -0.05) is 6.92 Å². The minimum atomic E-state index is -0.509. The number of amides is 1. The Bertz CT molecular complexity index is 574. The van der Waals surface area contributed by atoms with E-state index in [9.17, 15) is 9.59 Å². The third-order valence-electron chi connectivity index (χ3n) is 5.39. The van der Waals surface area contributed by atoms with Gasteiger partial charge in [-0.15, -0.1) is 10.2 Å². The Balaban J connectivity index is 1.71. The van der Waals surface area contributed by atoms with Crippen molar-refractivity contribution in [1.82, 2.24) is 19.7 Å². The summed E-state index contributed by atoms with van der Waals surface area (Å²) < 4.78 is 7.12. The summed E-state index contributed by atoms with van der Waals surface area (Å²) in [6.07, 6.45) is 6.99. The zero-order chi connectivity index (χ0) is 16.4. The molecule has 0 saturated carbocycles. The third kappa shape index (κ3) is 2.62. The highest BCUT2D eigenvalue weighted by molar-refractivity contribution is 5.83. The van der Waals surface area contributed by atoms with E-state index in [4.69, 9.17) is 4.74 Å². The average Bonchev–Trinajstić information content (AvgIpc) is 3.27. The maximum atomic E-state index is 12.7.